The summed E-state index contributed by atoms with van der Waals surface area (Å²) in [6.45, 7) is 1.86. The van der Waals surface area contributed by atoms with Crippen LogP contribution in [0.25, 0.3) is 0 Å². The Kier molecular flexibility index (Phi) is 4.52. The molecule has 0 spiro atoms. The number of benzene rings is 1. The normalized spacial score (nSPS) is 26.9. The second-order valence-electron chi connectivity index (χ2n) is 4.80. The number of aliphatic hydroxyl groups excluding tert-OH is 1. The van der Waals surface area contributed by atoms with Crippen LogP contribution in [0.5, 0.6) is 0 Å². The molecule has 0 saturated carbocycles. The van der Waals surface area contributed by atoms with Gasteiger partial charge in [0, 0.05) is 12.5 Å². The molecule has 19 heavy (non-hydrogen) atoms. The van der Waals surface area contributed by atoms with Crippen molar-refractivity contribution in [3.05, 3.63) is 35.9 Å². The SMILES string of the molecule is CC(=O)OCC1(CO)COC(c2ccccc2)OC1. The molecule has 2 rings (SSSR count). The van der Waals surface area contributed by atoms with E-state index in [0.29, 0.717) is 0 Å². The Hall–Kier alpha value is -1.43. The Morgan fingerprint density at radius 2 is 2.00 bits per heavy atom. The van der Waals surface area contributed by atoms with Crippen LogP contribution >= 0.6 is 0 Å². The van der Waals surface area contributed by atoms with Crippen LogP contribution in [0, 0.1) is 5.41 Å². The van der Waals surface area contributed by atoms with Gasteiger partial charge in [0.2, 0.25) is 0 Å². The maximum atomic E-state index is 10.8. The molecule has 0 bridgehead atoms. The van der Waals surface area contributed by atoms with E-state index in [2.05, 4.69) is 0 Å². The van der Waals surface area contributed by atoms with Crippen LogP contribution in [0.1, 0.15) is 18.8 Å². The monoisotopic (exact) mass is 266 g/mol. The van der Waals surface area contributed by atoms with Gasteiger partial charge in [0.15, 0.2) is 6.29 Å². The van der Waals surface area contributed by atoms with E-state index < -0.39 is 11.7 Å². The van der Waals surface area contributed by atoms with Gasteiger partial charge in [-0.25, -0.2) is 0 Å². The van der Waals surface area contributed by atoms with Crippen LogP contribution < -0.4 is 0 Å². The van der Waals surface area contributed by atoms with E-state index in [4.69, 9.17) is 14.2 Å². The van der Waals surface area contributed by atoms with Crippen LogP contribution in [0.3, 0.4) is 0 Å². The Bertz CT molecular complexity index is 409. The zero-order chi connectivity index (χ0) is 13.7. The highest BCUT2D eigenvalue weighted by molar-refractivity contribution is 5.65. The first-order valence-corrected chi connectivity index (χ1v) is 6.18. The highest BCUT2D eigenvalue weighted by Crippen LogP contribution is 2.31. The van der Waals surface area contributed by atoms with Crippen molar-refractivity contribution in [3.63, 3.8) is 0 Å². The predicted octanol–water partition coefficient (Wildman–Crippen LogP) is 1.27. The van der Waals surface area contributed by atoms with Gasteiger partial charge in [0.05, 0.1) is 25.2 Å². The smallest absolute Gasteiger partial charge is 0.302 e. The molecule has 1 fully saturated rings. The standard InChI is InChI=1S/C14H18O5/c1-11(16)17-8-14(7-15)9-18-13(19-10-14)12-5-3-2-4-6-12/h2-6,13,15H,7-10H2,1H3. The van der Waals surface area contributed by atoms with E-state index in [-0.39, 0.29) is 32.4 Å². The molecule has 1 N–H and O–H groups in total. The van der Waals surface area contributed by atoms with Crippen LogP contribution in [-0.2, 0) is 19.0 Å². The summed E-state index contributed by atoms with van der Waals surface area (Å²) in [6.07, 6.45) is -0.432. The van der Waals surface area contributed by atoms with Gasteiger partial charge in [0.25, 0.3) is 0 Å². The molecular formula is C14H18O5. The van der Waals surface area contributed by atoms with E-state index in [0.717, 1.165) is 5.56 Å². The van der Waals surface area contributed by atoms with Gasteiger partial charge in [-0.1, -0.05) is 30.3 Å². The van der Waals surface area contributed by atoms with Gasteiger partial charge in [-0.3, -0.25) is 4.79 Å². The molecular weight excluding hydrogens is 248 g/mol. The molecule has 5 nitrogen and oxygen atoms in total. The van der Waals surface area contributed by atoms with Crippen molar-refractivity contribution in [1.82, 2.24) is 0 Å². The number of aliphatic hydroxyl groups is 1. The molecule has 0 radical (unpaired) electrons. The maximum absolute atomic E-state index is 10.8. The fraction of sp³-hybridized carbons (Fsp3) is 0.500. The lowest BCUT2D eigenvalue weighted by molar-refractivity contribution is -0.250. The van der Waals surface area contributed by atoms with Gasteiger partial charge >= 0.3 is 5.97 Å². The van der Waals surface area contributed by atoms with Crippen molar-refractivity contribution in [3.8, 4) is 0 Å². The minimum absolute atomic E-state index is 0.0976. The molecule has 1 aromatic rings. The summed E-state index contributed by atoms with van der Waals surface area (Å²) >= 11 is 0. The predicted molar refractivity (Wildman–Crippen MR) is 67.2 cm³/mol. The summed E-state index contributed by atoms with van der Waals surface area (Å²) in [6, 6.07) is 9.58. The largest absolute Gasteiger partial charge is 0.465 e. The Balaban J connectivity index is 1.95. The highest BCUT2D eigenvalue weighted by atomic mass is 16.7. The topological polar surface area (TPSA) is 65.0 Å². The van der Waals surface area contributed by atoms with Gasteiger partial charge < -0.3 is 19.3 Å². The van der Waals surface area contributed by atoms with E-state index in [9.17, 15) is 9.90 Å². The quantitative estimate of drug-likeness (QED) is 0.831. The summed E-state index contributed by atoms with van der Waals surface area (Å²) in [4.78, 5) is 10.8. The summed E-state index contributed by atoms with van der Waals surface area (Å²) in [5.41, 5.74) is 0.262. The fourth-order valence-corrected chi connectivity index (χ4v) is 1.87. The first-order valence-electron chi connectivity index (χ1n) is 6.18. The summed E-state index contributed by atoms with van der Waals surface area (Å²) in [5, 5.41) is 9.46. The van der Waals surface area contributed by atoms with Crippen molar-refractivity contribution < 1.29 is 24.1 Å². The van der Waals surface area contributed by atoms with Crippen molar-refractivity contribution in [2.75, 3.05) is 26.4 Å². The van der Waals surface area contributed by atoms with E-state index in [1.54, 1.807) is 0 Å². The number of hydrogen-bond donors (Lipinski definition) is 1. The van der Waals surface area contributed by atoms with Crippen LogP contribution in [0.4, 0.5) is 0 Å². The molecule has 104 valence electrons. The molecule has 5 heteroatoms. The van der Waals surface area contributed by atoms with Crippen LogP contribution in [0.15, 0.2) is 30.3 Å². The molecule has 0 atom stereocenters. The Labute approximate surface area is 112 Å². The fourth-order valence-electron chi connectivity index (χ4n) is 1.87. The van der Waals surface area contributed by atoms with Crippen molar-refractivity contribution >= 4 is 5.97 Å². The molecule has 0 aliphatic carbocycles. The van der Waals surface area contributed by atoms with E-state index >= 15 is 0 Å². The summed E-state index contributed by atoms with van der Waals surface area (Å²) in [7, 11) is 0. The number of hydrogen-bond acceptors (Lipinski definition) is 5. The zero-order valence-corrected chi connectivity index (χ0v) is 10.9. The number of carbonyl (C=O) groups is 1. The number of esters is 1. The summed E-state index contributed by atoms with van der Waals surface area (Å²) in [5.74, 6) is -0.377. The van der Waals surface area contributed by atoms with Crippen LogP contribution in [0.2, 0.25) is 0 Å². The molecule has 0 aromatic heterocycles. The molecule has 1 aromatic carbocycles. The third-order valence-corrected chi connectivity index (χ3v) is 3.07. The van der Waals surface area contributed by atoms with Gasteiger partial charge in [-0.2, -0.15) is 0 Å². The molecule has 1 aliphatic heterocycles. The van der Waals surface area contributed by atoms with E-state index in [1.165, 1.54) is 6.92 Å². The highest BCUT2D eigenvalue weighted by Gasteiger charge is 2.38. The Morgan fingerprint density at radius 3 is 2.53 bits per heavy atom. The first-order chi connectivity index (χ1) is 9.15. The zero-order valence-electron chi connectivity index (χ0n) is 10.9. The lowest BCUT2D eigenvalue weighted by atomic mass is 9.91. The van der Waals surface area contributed by atoms with Crippen molar-refractivity contribution in [2.45, 2.75) is 13.2 Å². The molecule has 0 unspecified atom stereocenters. The van der Waals surface area contributed by atoms with Gasteiger partial charge in [-0.15, -0.1) is 0 Å². The number of rotatable bonds is 4. The van der Waals surface area contributed by atoms with E-state index in [1.807, 2.05) is 30.3 Å². The second kappa shape index (κ2) is 6.14. The molecule has 0 amide bonds. The second-order valence-corrected chi connectivity index (χ2v) is 4.80. The number of carbonyl (C=O) groups excluding carboxylic acids is 1. The van der Waals surface area contributed by atoms with Gasteiger partial charge in [0.1, 0.15) is 6.61 Å². The molecule has 1 saturated heterocycles. The molecule has 1 aliphatic rings. The first kappa shape index (κ1) is 14.0. The average Bonchev–Trinajstić information content (AvgIpc) is 2.47. The van der Waals surface area contributed by atoms with Crippen molar-refractivity contribution in [1.29, 1.82) is 0 Å². The lowest BCUT2D eigenvalue weighted by Gasteiger charge is -2.38. The average molecular weight is 266 g/mol. The third-order valence-electron chi connectivity index (χ3n) is 3.07. The van der Waals surface area contributed by atoms with Crippen LogP contribution in [-0.4, -0.2) is 37.5 Å². The summed E-state index contributed by atoms with van der Waals surface area (Å²) < 4.78 is 16.2. The number of ether oxygens (including phenoxy) is 3. The maximum Gasteiger partial charge on any atom is 0.302 e. The Morgan fingerprint density at radius 1 is 1.37 bits per heavy atom. The minimum Gasteiger partial charge on any atom is -0.465 e. The minimum atomic E-state index is -0.670. The van der Waals surface area contributed by atoms with Crippen molar-refractivity contribution in [2.24, 2.45) is 5.41 Å². The third kappa shape index (κ3) is 3.53. The van der Waals surface area contributed by atoms with Gasteiger partial charge in [-0.05, 0) is 0 Å². The lowest BCUT2D eigenvalue weighted by Crippen LogP contribution is -2.45. The molecule has 1 heterocycles.